The number of carbonyl (C=O) groups is 2. The number of benzene rings is 3. The zero-order valence-electron chi connectivity index (χ0n) is 21.1. The first-order valence-electron chi connectivity index (χ1n) is 11.6. The number of hydrogen-bond donors (Lipinski definition) is 1. The number of aryl methyl sites for hydroxylation is 1. The van der Waals surface area contributed by atoms with Gasteiger partial charge in [-0.05, 0) is 68.8 Å². The lowest BCUT2D eigenvalue weighted by atomic mass is 9.96. The van der Waals surface area contributed by atoms with E-state index in [1.54, 1.807) is 12.1 Å². The summed E-state index contributed by atoms with van der Waals surface area (Å²) < 4.78 is 12.9. The van der Waals surface area contributed by atoms with Crippen LogP contribution >= 0.6 is 0 Å². The topological polar surface area (TPSA) is 68.5 Å². The molecule has 1 aromatic heterocycles. The Morgan fingerprint density at radius 1 is 0.914 bits per heavy atom. The quantitative estimate of drug-likeness (QED) is 0.184. The average molecular weight is 472 g/mol. The highest BCUT2D eigenvalue weighted by molar-refractivity contribution is 6.09. The molecule has 4 aromatic rings. The van der Waals surface area contributed by atoms with Crippen molar-refractivity contribution in [1.82, 2.24) is 0 Å². The molecule has 1 heterocycles. The summed E-state index contributed by atoms with van der Waals surface area (Å²) in [5.41, 5.74) is 4.42. The molecule has 1 N–H and O–H groups in total. The van der Waals surface area contributed by atoms with Gasteiger partial charge in [0.2, 0.25) is 11.2 Å². The van der Waals surface area contributed by atoms with E-state index in [0.29, 0.717) is 5.75 Å². The molecule has 0 fully saturated rings. The van der Waals surface area contributed by atoms with Crippen molar-refractivity contribution in [2.24, 2.45) is 7.05 Å². The van der Waals surface area contributed by atoms with Crippen molar-refractivity contribution in [1.29, 1.82) is 0 Å². The first-order chi connectivity index (χ1) is 16.6. The number of ether oxygens (including phenoxy) is 2. The van der Waals surface area contributed by atoms with Gasteiger partial charge in [-0.3, -0.25) is 9.59 Å². The molecule has 0 unspecified atom stereocenters. The van der Waals surface area contributed by atoms with Gasteiger partial charge in [-0.15, -0.1) is 0 Å². The normalized spacial score (nSPS) is 11.5. The molecule has 0 aliphatic carbocycles. The molecular weight excluding hydrogens is 440 g/mol. The summed E-state index contributed by atoms with van der Waals surface area (Å²) in [5, 5.41) is 6.45. The number of hydrogen-bond acceptors (Lipinski definition) is 5. The van der Waals surface area contributed by atoms with Crippen LogP contribution < -0.4 is 14.6 Å². The number of rotatable bonds is 5. The molecule has 0 amide bonds. The number of anilines is 1. The second kappa shape index (κ2) is 9.37. The number of nitrogens with one attached hydrogen (secondary N) is 1. The van der Waals surface area contributed by atoms with Crippen LogP contribution in [0.3, 0.4) is 0 Å². The molecule has 0 atom stereocenters. The van der Waals surface area contributed by atoms with Crippen molar-refractivity contribution in [3.05, 3.63) is 66.2 Å². The maximum absolute atomic E-state index is 12.5. The fraction of sp³-hybridized carbons (Fsp3) is 0.276. The molecule has 0 aliphatic rings. The van der Waals surface area contributed by atoms with E-state index < -0.39 is 5.60 Å². The minimum Gasteiger partial charge on any atom is -0.460 e. The van der Waals surface area contributed by atoms with Gasteiger partial charge in [-0.25, -0.2) is 0 Å². The number of fused-ring (bicyclic) bond motifs is 3. The lowest BCUT2D eigenvalue weighted by Gasteiger charge is -2.19. The Morgan fingerprint density at radius 3 is 2.23 bits per heavy atom. The molecule has 0 saturated carbocycles. The van der Waals surface area contributed by atoms with E-state index in [1.165, 1.54) is 6.92 Å². The van der Waals surface area contributed by atoms with E-state index in [-0.39, 0.29) is 18.4 Å². The zero-order valence-corrected chi connectivity index (χ0v) is 21.1. The van der Waals surface area contributed by atoms with Gasteiger partial charge in [-0.2, -0.15) is 4.57 Å². The van der Waals surface area contributed by atoms with E-state index >= 15 is 0 Å². The Labute approximate surface area is 205 Å². The predicted octanol–water partition coefficient (Wildman–Crippen LogP) is 5.34. The monoisotopic (exact) mass is 471 g/mol. The van der Waals surface area contributed by atoms with Crippen LogP contribution in [0.15, 0.2) is 60.7 Å². The smallest absolute Gasteiger partial charge is 0.310 e. The summed E-state index contributed by atoms with van der Waals surface area (Å²) in [6.07, 6.45) is 0.193. The number of nitrogens with zero attached hydrogens (tertiary/aromatic N) is 1. The molecule has 0 radical (unpaired) electrons. The largest absolute Gasteiger partial charge is 0.460 e. The van der Waals surface area contributed by atoms with Gasteiger partial charge in [0, 0.05) is 36.7 Å². The van der Waals surface area contributed by atoms with Crippen LogP contribution in [0.1, 0.15) is 33.3 Å². The zero-order chi connectivity index (χ0) is 25.3. The van der Waals surface area contributed by atoms with Gasteiger partial charge in [0.1, 0.15) is 18.4 Å². The first-order valence-corrected chi connectivity index (χ1v) is 11.6. The van der Waals surface area contributed by atoms with Crippen molar-refractivity contribution in [2.45, 2.75) is 39.7 Å². The van der Waals surface area contributed by atoms with Crippen molar-refractivity contribution in [3.63, 3.8) is 0 Å². The van der Waals surface area contributed by atoms with Crippen molar-refractivity contribution in [3.8, 4) is 17.0 Å². The fourth-order valence-electron chi connectivity index (χ4n) is 4.37. The summed E-state index contributed by atoms with van der Waals surface area (Å²) in [5.74, 6) is -0.115. The molecule has 35 heavy (non-hydrogen) atoms. The van der Waals surface area contributed by atoms with Gasteiger partial charge in [0.15, 0.2) is 0 Å². The molecule has 6 nitrogen and oxygen atoms in total. The summed E-state index contributed by atoms with van der Waals surface area (Å²) in [6.45, 7) is 6.99. The maximum atomic E-state index is 12.5. The molecule has 0 saturated heterocycles. The number of pyridine rings is 1. The Morgan fingerprint density at radius 2 is 1.60 bits per heavy atom. The van der Waals surface area contributed by atoms with Crippen LogP contribution in [-0.2, 0) is 27.8 Å². The van der Waals surface area contributed by atoms with Gasteiger partial charge < -0.3 is 14.8 Å². The van der Waals surface area contributed by atoms with Gasteiger partial charge >= 0.3 is 11.9 Å². The van der Waals surface area contributed by atoms with Crippen LogP contribution in [0.4, 0.5) is 5.69 Å². The molecule has 3 aromatic carbocycles. The number of aromatic nitrogens is 1. The SMILES string of the molecule is CNc1ccc2c3ccc(CC(=O)OC(C)(C)C)cc3c(-c3ccc(OC(C)=O)cc3)[n+](C)c2c1. The molecular formula is C29H31N2O4+. The molecule has 180 valence electrons. The minimum atomic E-state index is -0.531. The van der Waals surface area contributed by atoms with E-state index in [0.717, 1.165) is 44.2 Å². The lowest BCUT2D eigenvalue weighted by Crippen LogP contribution is -2.32. The molecule has 0 aliphatic heterocycles. The second-order valence-electron chi connectivity index (χ2n) is 9.65. The third kappa shape index (κ3) is 5.27. The predicted molar refractivity (Wildman–Crippen MR) is 138 cm³/mol. The highest BCUT2D eigenvalue weighted by atomic mass is 16.6. The summed E-state index contributed by atoms with van der Waals surface area (Å²) in [7, 11) is 3.94. The number of carbonyl (C=O) groups excluding carboxylic acids is 2. The van der Waals surface area contributed by atoms with E-state index in [9.17, 15) is 9.59 Å². The van der Waals surface area contributed by atoms with E-state index in [2.05, 4.69) is 40.2 Å². The van der Waals surface area contributed by atoms with Crippen LogP contribution in [-0.4, -0.2) is 24.6 Å². The Bertz CT molecular complexity index is 1430. The van der Waals surface area contributed by atoms with Crippen molar-refractivity contribution >= 4 is 39.3 Å². The van der Waals surface area contributed by atoms with Gasteiger partial charge in [-0.1, -0.05) is 12.1 Å². The molecule has 4 rings (SSSR count). The van der Waals surface area contributed by atoms with Gasteiger partial charge in [0.05, 0.1) is 17.2 Å². The van der Waals surface area contributed by atoms with Crippen LogP contribution in [0.5, 0.6) is 5.75 Å². The highest BCUT2D eigenvalue weighted by Crippen LogP contribution is 2.33. The lowest BCUT2D eigenvalue weighted by molar-refractivity contribution is -0.632. The minimum absolute atomic E-state index is 0.193. The van der Waals surface area contributed by atoms with E-state index in [4.69, 9.17) is 9.47 Å². The average Bonchev–Trinajstić information content (AvgIpc) is 2.78. The number of esters is 2. The first kappa shape index (κ1) is 24.2. The molecule has 0 spiro atoms. The summed E-state index contributed by atoms with van der Waals surface area (Å²) in [6, 6.07) is 19.9. The fourth-order valence-corrected chi connectivity index (χ4v) is 4.37. The summed E-state index contributed by atoms with van der Waals surface area (Å²) in [4.78, 5) is 23.9. The molecule has 6 heteroatoms. The Balaban J connectivity index is 1.92. The summed E-state index contributed by atoms with van der Waals surface area (Å²) >= 11 is 0. The maximum Gasteiger partial charge on any atom is 0.310 e. The van der Waals surface area contributed by atoms with Crippen LogP contribution in [0.25, 0.3) is 32.9 Å². The second-order valence-corrected chi connectivity index (χ2v) is 9.65. The highest BCUT2D eigenvalue weighted by Gasteiger charge is 2.23. The van der Waals surface area contributed by atoms with Crippen molar-refractivity contribution in [2.75, 3.05) is 12.4 Å². The Hall–Kier alpha value is -3.93. The van der Waals surface area contributed by atoms with E-state index in [1.807, 2.05) is 53.1 Å². The van der Waals surface area contributed by atoms with Crippen LogP contribution in [0.2, 0.25) is 0 Å². The van der Waals surface area contributed by atoms with Gasteiger partial charge in [0.25, 0.3) is 0 Å². The molecule has 0 bridgehead atoms. The Kier molecular flexibility index (Phi) is 6.48. The van der Waals surface area contributed by atoms with Crippen molar-refractivity contribution < 1.29 is 23.6 Å². The standard InChI is InChI=1S/C29H30N2O4/c1-18(32)34-22-11-8-20(9-12-22)28-25-15-19(16-27(33)35-29(2,3)4)7-13-23(25)24-14-10-21(30-5)17-26(24)31(28)6/h7-15,17H,16H2,1-6H3/p+1. The third-order valence-electron chi connectivity index (χ3n) is 5.77. The van der Waals surface area contributed by atoms with Crippen LogP contribution in [0, 0.1) is 0 Å². The third-order valence-corrected chi connectivity index (χ3v) is 5.77.